The van der Waals surface area contributed by atoms with Gasteiger partial charge >= 0.3 is 0 Å². The molecule has 0 bridgehead atoms. The van der Waals surface area contributed by atoms with Crippen LogP contribution in [0.3, 0.4) is 0 Å². The summed E-state index contributed by atoms with van der Waals surface area (Å²) in [5, 5.41) is 3.48. The number of anilines is 2. The second kappa shape index (κ2) is 6.96. The van der Waals surface area contributed by atoms with Crippen molar-refractivity contribution in [2.24, 2.45) is 0 Å². The van der Waals surface area contributed by atoms with Crippen molar-refractivity contribution in [3.63, 3.8) is 0 Å². The van der Waals surface area contributed by atoms with E-state index in [1.807, 2.05) is 12.1 Å². The zero-order chi connectivity index (χ0) is 16.2. The molecule has 1 aromatic carbocycles. The van der Waals surface area contributed by atoms with Crippen LogP contribution in [0.1, 0.15) is 31.5 Å². The minimum Gasteiger partial charge on any atom is -0.399 e. The van der Waals surface area contributed by atoms with Crippen molar-refractivity contribution in [2.45, 2.75) is 33.2 Å². The quantitative estimate of drug-likeness (QED) is 0.850. The number of hydrogen-bond donors (Lipinski definition) is 2. The second-order valence-electron chi connectivity index (χ2n) is 5.87. The lowest BCUT2D eigenvalue weighted by atomic mass is 10.0. The zero-order valence-electron chi connectivity index (χ0n) is 14.0. The molecule has 3 N–H and O–H groups in total. The lowest BCUT2D eigenvalue weighted by Gasteiger charge is -2.22. The van der Waals surface area contributed by atoms with Crippen LogP contribution >= 0.6 is 0 Å². The van der Waals surface area contributed by atoms with Gasteiger partial charge in [-0.25, -0.2) is 9.97 Å². The van der Waals surface area contributed by atoms with Crippen molar-refractivity contribution >= 4 is 11.6 Å². The molecule has 0 radical (unpaired) electrons. The number of nitrogen functional groups attached to an aromatic ring is 1. The van der Waals surface area contributed by atoms with Gasteiger partial charge in [-0.15, -0.1) is 0 Å². The van der Waals surface area contributed by atoms with E-state index in [1.54, 1.807) is 0 Å². The summed E-state index contributed by atoms with van der Waals surface area (Å²) in [6, 6.07) is 7.97. The van der Waals surface area contributed by atoms with E-state index in [0.29, 0.717) is 0 Å². The molecule has 2 heterocycles. The summed E-state index contributed by atoms with van der Waals surface area (Å²) >= 11 is 0. The standard InChI is InChI=1S/C18H25N5/c1-3-23(4-2)18-21-16-6-5-11-20-12-15(16)17(22-18)13-7-9-14(19)10-8-13/h7-10,20H,3-6,11-12,19H2,1-2H3. The van der Waals surface area contributed by atoms with Crippen molar-refractivity contribution in [2.75, 3.05) is 30.3 Å². The van der Waals surface area contributed by atoms with Crippen molar-refractivity contribution in [1.29, 1.82) is 0 Å². The van der Waals surface area contributed by atoms with E-state index < -0.39 is 0 Å². The van der Waals surface area contributed by atoms with Gasteiger partial charge in [-0.2, -0.15) is 0 Å². The van der Waals surface area contributed by atoms with Crippen LogP contribution in [0.25, 0.3) is 11.3 Å². The third kappa shape index (κ3) is 3.29. The molecule has 0 aliphatic carbocycles. The third-order valence-electron chi connectivity index (χ3n) is 4.38. The van der Waals surface area contributed by atoms with E-state index >= 15 is 0 Å². The van der Waals surface area contributed by atoms with E-state index in [9.17, 15) is 0 Å². The fourth-order valence-corrected chi connectivity index (χ4v) is 3.03. The molecule has 122 valence electrons. The number of benzene rings is 1. The normalized spacial score (nSPS) is 14.2. The van der Waals surface area contributed by atoms with Gasteiger partial charge in [0.2, 0.25) is 5.95 Å². The molecule has 0 fully saturated rings. The maximum atomic E-state index is 5.84. The lowest BCUT2D eigenvalue weighted by Crippen LogP contribution is -2.25. The first-order valence-electron chi connectivity index (χ1n) is 8.44. The average molecular weight is 311 g/mol. The first-order valence-corrected chi connectivity index (χ1v) is 8.44. The molecule has 0 unspecified atom stereocenters. The Morgan fingerprint density at radius 2 is 1.87 bits per heavy atom. The Balaban J connectivity index is 2.14. The topological polar surface area (TPSA) is 67.1 Å². The molecule has 5 heteroatoms. The van der Waals surface area contributed by atoms with Gasteiger partial charge in [-0.3, -0.25) is 0 Å². The van der Waals surface area contributed by atoms with Crippen molar-refractivity contribution < 1.29 is 0 Å². The van der Waals surface area contributed by atoms with Crippen LogP contribution in [0.5, 0.6) is 0 Å². The van der Waals surface area contributed by atoms with Gasteiger partial charge in [0.15, 0.2) is 0 Å². The monoisotopic (exact) mass is 311 g/mol. The van der Waals surface area contributed by atoms with E-state index in [1.165, 1.54) is 11.3 Å². The lowest BCUT2D eigenvalue weighted by molar-refractivity contribution is 0.680. The third-order valence-corrected chi connectivity index (χ3v) is 4.38. The molecule has 23 heavy (non-hydrogen) atoms. The molecule has 0 spiro atoms. The molecule has 5 nitrogen and oxygen atoms in total. The molecule has 1 aliphatic rings. The number of fused-ring (bicyclic) bond motifs is 1. The van der Waals surface area contributed by atoms with Gasteiger partial charge in [-0.05, 0) is 45.4 Å². The zero-order valence-corrected chi connectivity index (χ0v) is 14.0. The summed E-state index contributed by atoms with van der Waals surface area (Å²) in [4.78, 5) is 12.0. The molecule has 1 aromatic heterocycles. The van der Waals surface area contributed by atoms with Gasteiger partial charge in [0, 0.05) is 36.4 Å². The van der Waals surface area contributed by atoms with E-state index in [4.69, 9.17) is 15.7 Å². The molecule has 0 saturated heterocycles. The van der Waals surface area contributed by atoms with Gasteiger partial charge in [0.25, 0.3) is 0 Å². The Hall–Kier alpha value is -2.14. The summed E-state index contributed by atoms with van der Waals surface area (Å²) in [5.74, 6) is 0.836. The van der Waals surface area contributed by atoms with Gasteiger partial charge in [-0.1, -0.05) is 12.1 Å². The van der Waals surface area contributed by atoms with E-state index in [0.717, 1.165) is 61.9 Å². The summed E-state index contributed by atoms with van der Waals surface area (Å²) in [7, 11) is 0. The summed E-state index contributed by atoms with van der Waals surface area (Å²) in [5.41, 5.74) is 11.2. The molecular formula is C18H25N5. The van der Waals surface area contributed by atoms with Crippen molar-refractivity contribution in [3.05, 3.63) is 35.5 Å². The Morgan fingerprint density at radius 1 is 1.13 bits per heavy atom. The van der Waals surface area contributed by atoms with Gasteiger partial charge in [0.05, 0.1) is 11.4 Å². The Bertz CT molecular complexity index is 662. The molecule has 0 amide bonds. The van der Waals surface area contributed by atoms with Crippen LogP contribution in [0.4, 0.5) is 11.6 Å². The predicted molar refractivity (Wildman–Crippen MR) is 95.5 cm³/mol. The van der Waals surface area contributed by atoms with Crippen LogP contribution in [0, 0.1) is 0 Å². The predicted octanol–water partition coefficient (Wildman–Crippen LogP) is 2.61. The minimum atomic E-state index is 0.774. The van der Waals surface area contributed by atoms with Crippen molar-refractivity contribution in [1.82, 2.24) is 15.3 Å². The fraction of sp³-hybridized carbons (Fsp3) is 0.444. The van der Waals surface area contributed by atoms with Gasteiger partial charge in [0.1, 0.15) is 0 Å². The second-order valence-corrected chi connectivity index (χ2v) is 5.87. The van der Waals surface area contributed by atoms with Crippen LogP contribution in [0.2, 0.25) is 0 Å². The highest BCUT2D eigenvalue weighted by Crippen LogP contribution is 2.28. The average Bonchev–Trinajstić information content (AvgIpc) is 2.81. The number of nitrogens with zero attached hydrogens (tertiary/aromatic N) is 3. The Morgan fingerprint density at radius 3 is 2.57 bits per heavy atom. The molecular weight excluding hydrogens is 286 g/mol. The van der Waals surface area contributed by atoms with Crippen LogP contribution in [0.15, 0.2) is 24.3 Å². The molecule has 0 atom stereocenters. The number of aryl methyl sites for hydroxylation is 1. The van der Waals surface area contributed by atoms with Crippen LogP contribution in [-0.2, 0) is 13.0 Å². The molecule has 2 aromatic rings. The van der Waals surface area contributed by atoms with Crippen molar-refractivity contribution in [3.8, 4) is 11.3 Å². The number of hydrogen-bond acceptors (Lipinski definition) is 5. The highest BCUT2D eigenvalue weighted by Gasteiger charge is 2.19. The van der Waals surface area contributed by atoms with Gasteiger partial charge < -0.3 is 16.0 Å². The first-order chi connectivity index (χ1) is 11.2. The molecule has 3 rings (SSSR count). The fourth-order valence-electron chi connectivity index (χ4n) is 3.03. The summed E-state index contributed by atoms with van der Waals surface area (Å²) in [6.45, 7) is 7.96. The first kappa shape index (κ1) is 15.7. The number of rotatable bonds is 4. The number of aromatic nitrogens is 2. The number of nitrogens with one attached hydrogen (secondary N) is 1. The minimum absolute atomic E-state index is 0.774. The van der Waals surface area contributed by atoms with E-state index in [-0.39, 0.29) is 0 Å². The van der Waals surface area contributed by atoms with E-state index in [2.05, 4.69) is 36.2 Å². The molecule has 0 saturated carbocycles. The Kier molecular flexibility index (Phi) is 4.76. The molecule has 1 aliphatic heterocycles. The summed E-state index contributed by atoms with van der Waals surface area (Å²) < 4.78 is 0. The highest BCUT2D eigenvalue weighted by atomic mass is 15.2. The Labute approximate surface area is 137 Å². The highest BCUT2D eigenvalue weighted by molar-refractivity contribution is 5.67. The number of nitrogens with two attached hydrogens (primary N) is 1. The largest absolute Gasteiger partial charge is 0.399 e. The van der Waals surface area contributed by atoms with Crippen LogP contribution < -0.4 is 16.0 Å². The maximum Gasteiger partial charge on any atom is 0.226 e. The summed E-state index contributed by atoms with van der Waals surface area (Å²) in [6.07, 6.45) is 2.12. The smallest absolute Gasteiger partial charge is 0.226 e. The van der Waals surface area contributed by atoms with Crippen LogP contribution in [-0.4, -0.2) is 29.6 Å². The SMILES string of the molecule is CCN(CC)c1nc2c(c(-c3ccc(N)cc3)n1)CNCCC2. The maximum absolute atomic E-state index is 5.84.